The Hall–Kier alpha value is -1.99. The molecule has 9 heteroatoms. The fourth-order valence-corrected chi connectivity index (χ4v) is 4.25. The lowest BCUT2D eigenvalue weighted by molar-refractivity contribution is 0.100. The topological polar surface area (TPSA) is 73.3 Å². The third kappa shape index (κ3) is 4.03. The van der Waals surface area contributed by atoms with Gasteiger partial charge in [-0.05, 0) is 37.4 Å². The molecule has 154 valence electrons. The molecule has 0 saturated heterocycles. The second kappa shape index (κ2) is 8.79. The first kappa shape index (κ1) is 21.7. The highest BCUT2D eigenvalue weighted by atomic mass is 35.5. The molecule has 0 bridgehead atoms. The van der Waals surface area contributed by atoms with Crippen LogP contribution in [-0.2, 0) is 6.54 Å². The Morgan fingerprint density at radius 1 is 1.07 bits per heavy atom. The Bertz CT molecular complexity index is 1110. The molecule has 2 aromatic carbocycles. The molecule has 0 saturated carbocycles. The Kier molecular flexibility index (Phi) is 6.58. The molecule has 1 heterocycles. The summed E-state index contributed by atoms with van der Waals surface area (Å²) < 4.78 is 2.97. The van der Waals surface area contributed by atoms with Crippen molar-refractivity contribution in [3.05, 3.63) is 61.4 Å². The van der Waals surface area contributed by atoms with Gasteiger partial charge in [0.1, 0.15) is 0 Å². The second-order valence-electron chi connectivity index (χ2n) is 6.56. The zero-order valence-corrected chi connectivity index (χ0v) is 18.4. The Labute approximate surface area is 183 Å². The van der Waals surface area contributed by atoms with Crippen LogP contribution >= 0.6 is 34.8 Å². The highest BCUT2D eigenvalue weighted by Crippen LogP contribution is 2.33. The van der Waals surface area contributed by atoms with E-state index in [-0.39, 0.29) is 16.3 Å². The number of carbonyl (C=O) groups excluding carboxylic acids is 1. The van der Waals surface area contributed by atoms with Crippen molar-refractivity contribution in [2.24, 2.45) is 5.73 Å². The number of carbonyl (C=O) groups is 1. The van der Waals surface area contributed by atoms with E-state index in [4.69, 9.17) is 40.5 Å². The number of primary amides is 1. The van der Waals surface area contributed by atoms with E-state index in [1.807, 2.05) is 0 Å². The first-order chi connectivity index (χ1) is 13.8. The summed E-state index contributed by atoms with van der Waals surface area (Å²) in [6.07, 6.45) is 0. The van der Waals surface area contributed by atoms with E-state index in [9.17, 15) is 9.59 Å². The van der Waals surface area contributed by atoms with Gasteiger partial charge in [-0.25, -0.2) is 4.79 Å². The van der Waals surface area contributed by atoms with Gasteiger partial charge in [0.05, 0.1) is 31.8 Å². The van der Waals surface area contributed by atoms with Crippen LogP contribution in [0.15, 0.2) is 35.1 Å². The third-order valence-electron chi connectivity index (χ3n) is 4.96. The highest BCUT2D eigenvalue weighted by Gasteiger charge is 2.22. The van der Waals surface area contributed by atoms with E-state index in [0.717, 1.165) is 13.1 Å². The minimum Gasteiger partial charge on any atom is -0.366 e. The van der Waals surface area contributed by atoms with Crippen molar-refractivity contribution in [1.82, 2.24) is 14.0 Å². The molecule has 0 atom stereocenters. The molecule has 0 aliphatic heterocycles. The van der Waals surface area contributed by atoms with Crippen LogP contribution in [0, 0.1) is 0 Å². The summed E-state index contributed by atoms with van der Waals surface area (Å²) in [5, 5.41) is 0.848. The monoisotopic (exact) mass is 454 g/mol. The van der Waals surface area contributed by atoms with Gasteiger partial charge in [0, 0.05) is 18.7 Å². The molecule has 1 amide bonds. The second-order valence-corrected chi connectivity index (χ2v) is 7.78. The van der Waals surface area contributed by atoms with E-state index in [1.165, 1.54) is 10.6 Å². The summed E-state index contributed by atoms with van der Waals surface area (Å²) in [5.74, 6) is -0.625. The van der Waals surface area contributed by atoms with Gasteiger partial charge >= 0.3 is 5.69 Å². The maximum atomic E-state index is 13.4. The Balaban J connectivity index is 2.34. The molecule has 0 spiro atoms. The van der Waals surface area contributed by atoms with Gasteiger partial charge in [0.2, 0.25) is 5.91 Å². The maximum Gasteiger partial charge on any atom is 0.333 e. The number of aromatic nitrogens is 2. The molecule has 0 aliphatic carbocycles. The van der Waals surface area contributed by atoms with E-state index in [2.05, 4.69) is 18.7 Å². The minimum atomic E-state index is -0.625. The number of amides is 1. The number of likely N-dealkylation sites (N-methyl/N-ethyl adjacent to an activating group) is 1. The molecule has 1 aromatic heterocycles. The van der Waals surface area contributed by atoms with Crippen molar-refractivity contribution in [2.75, 3.05) is 19.6 Å². The number of nitrogens with zero attached hydrogens (tertiary/aromatic N) is 3. The van der Waals surface area contributed by atoms with Crippen molar-refractivity contribution < 1.29 is 4.79 Å². The van der Waals surface area contributed by atoms with Crippen LogP contribution in [0.3, 0.4) is 0 Å². The van der Waals surface area contributed by atoms with E-state index in [0.29, 0.717) is 39.9 Å². The molecule has 3 rings (SSSR count). The Morgan fingerprint density at radius 2 is 1.69 bits per heavy atom. The third-order valence-corrected chi connectivity index (χ3v) is 5.86. The number of para-hydroxylation sites is 1. The molecule has 0 unspecified atom stereocenters. The Morgan fingerprint density at radius 3 is 2.24 bits per heavy atom. The van der Waals surface area contributed by atoms with E-state index >= 15 is 0 Å². The number of imidazole rings is 1. The standard InChI is InChI=1S/C20H21Cl3N4O2/c1-3-25(4-2)8-9-26-16-11-12(19(24)28)10-15(23)18(16)27(20(26)29)17-13(21)6-5-7-14(17)22/h5-7,10-11H,3-4,8-9H2,1-2H3,(H2,24,28). The van der Waals surface area contributed by atoms with Crippen LogP contribution in [0.25, 0.3) is 16.7 Å². The lowest BCUT2D eigenvalue weighted by Crippen LogP contribution is -2.31. The summed E-state index contributed by atoms with van der Waals surface area (Å²) in [6.45, 7) is 6.88. The molecule has 3 aromatic rings. The summed E-state index contributed by atoms with van der Waals surface area (Å²) >= 11 is 19.2. The van der Waals surface area contributed by atoms with Crippen molar-refractivity contribution in [3.8, 4) is 5.69 Å². The first-order valence-corrected chi connectivity index (χ1v) is 10.3. The number of nitrogens with two attached hydrogens (primary N) is 1. The quantitative estimate of drug-likeness (QED) is 0.580. The van der Waals surface area contributed by atoms with Gasteiger partial charge in [-0.3, -0.25) is 13.9 Å². The predicted octanol–water partition coefficient (Wildman–Crippen LogP) is 4.19. The highest BCUT2D eigenvalue weighted by molar-refractivity contribution is 6.38. The van der Waals surface area contributed by atoms with Gasteiger partial charge in [-0.1, -0.05) is 54.7 Å². The smallest absolute Gasteiger partial charge is 0.333 e. The molecular formula is C20H21Cl3N4O2. The summed E-state index contributed by atoms with van der Waals surface area (Å²) in [5.41, 5.74) is 6.61. The van der Waals surface area contributed by atoms with Crippen LogP contribution in [0.1, 0.15) is 24.2 Å². The number of rotatable bonds is 7. The largest absolute Gasteiger partial charge is 0.366 e. The molecule has 0 aliphatic rings. The fraction of sp³-hybridized carbons (Fsp3) is 0.300. The van der Waals surface area contributed by atoms with E-state index < -0.39 is 5.91 Å². The maximum absolute atomic E-state index is 13.4. The number of halogens is 3. The molecule has 2 N–H and O–H groups in total. The van der Waals surface area contributed by atoms with Gasteiger partial charge < -0.3 is 10.6 Å². The average molecular weight is 456 g/mol. The molecule has 29 heavy (non-hydrogen) atoms. The zero-order valence-electron chi connectivity index (χ0n) is 16.1. The van der Waals surface area contributed by atoms with Gasteiger partial charge in [0.15, 0.2) is 0 Å². The molecule has 0 radical (unpaired) electrons. The van der Waals surface area contributed by atoms with Gasteiger partial charge in [0.25, 0.3) is 0 Å². The fourth-order valence-electron chi connectivity index (χ4n) is 3.38. The van der Waals surface area contributed by atoms with Crippen molar-refractivity contribution in [3.63, 3.8) is 0 Å². The van der Waals surface area contributed by atoms with Crippen molar-refractivity contribution >= 4 is 51.7 Å². The van der Waals surface area contributed by atoms with Crippen LogP contribution in [0.4, 0.5) is 0 Å². The van der Waals surface area contributed by atoms with Crippen molar-refractivity contribution in [1.29, 1.82) is 0 Å². The summed E-state index contributed by atoms with van der Waals surface area (Å²) in [7, 11) is 0. The lowest BCUT2D eigenvalue weighted by Gasteiger charge is -2.18. The lowest BCUT2D eigenvalue weighted by atomic mass is 10.2. The van der Waals surface area contributed by atoms with E-state index in [1.54, 1.807) is 28.8 Å². The zero-order chi connectivity index (χ0) is 21.3. The van der Waals surface area contributed by atoms with Crippen LogP contribution in [0.2, 0.25) is 15.1 Å². The SMILES string of the molecule is CCN(CC)CCn1c(=O)n(-c2c(Cl)cccc2Cl)c2c(Cl)cc(C(N)=O)cc21. The van der Waals surface area contributed by atoms with Crippen LogP contribution < -0.4 is 11.4 Å². The average Bonchev–Trinajstić information content (AvgIpc) is 2.95. The minimum absolute atomic E-state index is 0.214. The van der Waals surface area contributed by atoms with Crippen LogP contribution in [0.5, 0.6) is 0 Å². The number of hydrogen-bond donors (Lipinski definition) is 1. The normalized spacial score (nSPS) is 11.5. The van der Waals surface area contributed by atoms with Gasteiger partial charge in [-0.2, -0.15) is 0 Å². The summed E-state index contributed by atoms with van der Waals surface area (Å²) in [6, 6.07) is 8.03. The summed E-state index contributed by atoms with van der Waals surface area (Å²) in [4.78, 5) is 27.4. The van der Waals surface area contributed by atoms with Crippen LogP contribution in [-0.4, -0.2) is 39.6 Å². The number of fused-ring (bicyclic) bond motifs is 1. The number of hydrogen-bond acceptors (Lipinski definition) is 3. The molecule has 0 fully saturated rings. The van der Waals surface area contributed by atoms with Gasteiger partial charge in [-0.15, -0.1) is 0 Å². The number of benzene rings is 2. The molecular weight excluding hydrogens is 435 g/mol. The first-order valence-electron chi connectivity index (χ1n) is 9.21. The molecule has 6 nitrogen and oxygen atoms in total. The van der Waals surface area contributed by atoms with Crippen molar-refractivity contribution in [2.45, 2.75) is 20.4 Å². The predicted molar refractivity (Wildman–Crippen MR) is 119 cm³/mol.